The fourth-order valence-electron chi connectivity index (χ4n) is 2.84. The van der Waals surface area contributed by atoms with E-state index >= 15 is 0 Å². The van der Waals surface area contributed by atoms with Crippen LogP contribution in [0.25, 0.3) is 0 Å². The van der Waals surface area contributed by atoms with Crippen LogP contribution in [-0.2, 0) is 4.74 Å². The summed E-state index contributed by atoms with van der Waals surface area (Å²) in [4.78, 5) is 8.71. The molecule has 2 aliphatic heterocycles. The second-order valence-corrected chi connectivity index (χ2v) is 5.96. The molecule has 0 aliphatic carbocycles. The van der Waals surface area contributed by atoms with Gasteiger partial charge < -0.3 is 20.5 Å². The maximum absolute atomic E-state index is 10.0. The fourth-order valence-corrected chi connectivity index (χ4v) is 2.84. The number of aliphatic hydroxyl groups excluding tert-OH is 1. The number of nitrogens with zero attached hydrogens (tertiary/aromatic N) is 3. The van der Waals surface area contributed by atoms with Gasteiger partial charge in [-0.15, -0.1) is 0 Å². The van der Waals surface area contributed by atoms with Gasteiger partial charge >= 0.3 is 0 Å². The highest BCUT2D eigenvalue weighted by Gasteiger charge is 2.18. The average Bonchev–Trinajstić information content (AvgIpc) is 2.46. The molecule has 0 aromatic carbocycles. The van der Waals surface area contributed by atoms with Crippen LogP contribution in [0.1, 0.15) is 19.8 Å². The molecule has 2 unspecified atom stereocenters. The number of morpholine rings is 1. The Bertz CT molecular complexity index is 318. The normalized spacial score (nSPS) is 27.6. The lowest BCUT2D eigenvalue weighted by Gasteiger charge is -2.32. The summed E-state index contributed by atoms with van der Waals surface area (Å²) >= 11 is 0. The van der Waals surface area contributed by atoms with Crippen molar-refractivity contribution in [3.05, 3.63) is 0 Å². The zero-order chi connectivity index (χ0) is 14.4. The molecule has 0 bridgehead atoms. The van der Waals surface area contributed by atoms with Gasteiger partial charge in [-0.3, -0.25) is 9.89 Å². The summed E-state index contributed by atoms with van der Waals surface area (Å²) in [6.45, 7) is 8.53. The largest absolute Gasteiger partial charge is 0.390 e. The van der Waals surface area contributed by atoms with E-state index in [1.54, 1.807) is 0 Å². The van der Waals surface area contributed by atoms with Gasteiger partial charge in [0.15, 0.2) is 5.96 Å². The smallest absolute Gasteiger partial charge is 0.191 e. The summed E-state index contributed by atoms with van der Waals surface area (Å²) in [5, 5.41) is 10.0. The van der Waals surface area contributed by atoms with Crippen molar-refractivity contribution in [3.8, 4) is 0 Å². The van der Waals surface area contributed by atoms with E-state index in [0.29, 0.717) is 25.0 Å². The summed E-state index contributed by atoms with van der Waals surface area (Å²) in [6.07, 6.45) is 1.99. The summed E-state index contributed by atoms with van der Waals surface area (Å²) in [5.74, 6) is 1.26. The first-order chi connectivity index (χ1) is 9.65. The molecular weight excluding hydrogens is 256 g/mol. The Labute approximate surface area is 121 Å². The van der Waals surface area contributed by atoms with Gasteiger partial charge in [-0.1, -0.05) is 6.92 Å². The number of aliphatic imine (C=N–C) groups is 1. The van der Waals surface area contributed by atoms with Crippen molar-refractivity contribution in [3.63, 3.8) is 0 Å². The van der Waals surface area contributed by atoms with Gasteiger partial charge in [0.05, 0.1) is 25.9 Å². The molecule has 6 heteroatoms. The van der Waals surface area contributed by atoms with Crippen LogP contribution in [0.15, 0.2) is 4.99 Å². The van der Waals surface area contributed by atoms with Gasteiger partial charge in [-0.25, -0.2) is 0 Å². The lowest BCUT2D eigenvalue weighted by atomic mass is 10.0. The van der Waals surface area contributed by atoms with E-state index in [9.17, 15) is 5.11 Å². The topological polar surface area (TPSA) is 74.3 Å². The predicted octanol–water partition coefficient (Wildman–Crippen LogP) is -0.274. The van der Waals surface area contributed by atoms with Crippen LogP contribution in [0.4, 0.5) is 0 Å². The molecule has 2 heterocycles. The van der Waals surface area contributed by atoms with Gasteiger partial charge in [0.2, 0.25) is 0 Å². The third-order valence-electron chi connectivity index (χ3n) is 4.02. The Hall–Kier alpha value is -0.850. The molecule has 0 aromatic rings. The summed E-state index contributed by atoms with van der Waals surface area (Å²) < 4.78 is 5.29. The SMILES string of the molecule is CC1CCCN(C(N)=NCC(O)CN2CCOCC2)C1. The molecule has 0 saturated carbocycles. The number of rotatable bonds is 4. The van der Waals surface area contributed by atoms with Crippen LogP contribution >= 0.6 is 0 Å². The van der Waals surface area contributed by atoms with Crippen molar-refractivity contribution < 1.29 is 9.84 Å². The number of β-amino-alcohol motifs (C(OH)–C–C–N with tert-alkyl or cyclic N) is 1. The first kappa shape index (κ1) is 15.5. The molecule has 3 N–H and O–H groups in total. The van der Waals surface area contributed by atoms with Gasteiger partial charge in [0.1, 0.15) is 0 Å². The van der Waals surface area contributed by atoms with Crippen LogP contribution in [0.3, 0.4) is 0 Å². The van der Waals surface area contributed by atoms with Crippen molar-refractivity contribution in [2.24, 2.45) is 16.6 Å². The molecule has 2 fully saturated rings. The molecule has 2 atom stereocenters. The number of likely N-dealkylation sites (tertiary alicyclic amines) is 1. The number of nitrogens with two attached hydrogens (primary N) is 1. The molecule has 2 aliphatic rings. The lowest BCUT2D eigenvalue weighted by molar-refractivity contribution is 0.0164. The first-order valence-corrected chi connectivity index (χ1v) is 7.68. The highest BCUT2D eigenvalue weighted by atomic mass is 16.5. The van der Waals surface area contributed by atoms with E-state index in [4.69, 9.17) is 10.5 Å². The molecule has 0 amide bonds. The lowest BCUT2D eigenvalue weighted by Crippen LogP contribution is -2.44. The highest BCUT2D eigenvalue weighted by molar-refractivity contribution is 5.78. The maximum atomic E-state index is 10.0. The minimum Gasteiger partial charge on any atom is -0.390 e. The Balaban J connectivity index is 1.72. The second kappa shape index (κ2) is 7.81. The average molecular weight is 284 g/mol. The third-order valence-corrected chi connectivity index (χ3v) is 4.02. The van der Waals surface area contributed by atoms with E-state index in [1.165, 1.54) is 12.8 Å². The Morgan fingerprint density at radius 1 is 1.40 bits per heavy atom. The van der Waals surface area contributed by atoms with Crippen molar-refractivity contribution in [1.29, 1.82) is 0 Å². The summed E-state index contributed by atoms with van der Waals surface area (Å²) in [6, 6.07) is 0. The molecule has 20 heavy (non-hydrogen) atoms. The van der Waals surface area contributed by atoms with Crippen LogP contribution in [0, 0.1) is 5.92 Å². The third kappa shape index (κ3) is 4.92. The first-order valence-electron chi connectivity index (χ1n) is 7.68. The Morgan fingerprint density at radius 3 is 2.85 bits per heavy atom. The van der Waals surface area contributed by atoms with Crippen molar-refractivity contribution in [2.75, 3.05) is 52.5 Å². The van der Waals surface area contributed by atoms with Gasteiger partial charge in [-0.05, 0) is 18.8 Å². The molecule has 2 saturated heterocycles. The number of ether oxygens (including phenoxy) is 1. The minimum atomic E-state index is -0.450. The Morgan fingerprint density at radius 2 is 2.15 bits per heavy atom. The number of piperidine rings is 1. The van der Waals surface area contributed by atoms with E-state index in [1.807, 2.05) is 0 Å². The van der Waals surface area contributed by atoms with Crippen LogP contribution in [0.5, 0.6) is 0 Å². The number of hydrogen-bond acceptors (Lipinski definition) is 4. The van der Waals surface area contributed by atoms with Gasteiger partial charge in [0, 0.05) is 32.7 Å². The van der Waals surface area contributed by atoms with Crippen molar-refractivity contribution >= 4 is 5.96 Å². The predicted molar refractivity (Wildman–Crippen MR) is 79.7 cm³/mol. The fraction of sp³-hybridized carbons (Fsp3) is 0.929. The highest BCUT2D eigenvalue weighted by Crippen LogP contribution is 2.14. The van der Waals surface area contributed by atoms with E-state index < -0.39 is 6.10 Å². The number of guanidine groups is 1. The molecule has 0 radical (unpaired) electrons. The minimum absolute atomic E-state index is 0.383. The van der Waals surface area contributed by atoms with Crippen molar-refractivity contribution in [1.82, 2.24) is 9.80 Å². The zero-order valence-electron chi connectivity index (χ0n) is 12.5. The summed E-state index contributed by atoms with van der Waals surface area (Å²) in [5.41, 5.74) is 6.02. The maximum Gasteiger partial charge on any atom is 0.191 e. The number of aliphatic hydroxyl groups is 1. The van der Waals surface area contributed by atoms with E-state index in [0.717, 1.165) is 39.4 Å². The quantitative estimate of drug-likeness (QED) is 0.549. The molecule has 2 rings (SSSR count). The molecule has 6 nitrogen and oxygen atoms in total. The molecule has 0 spiro atoms. The second-order valence-electron chi connectivity index (χ2n) is 5.96. The molecule has 0 aromatic heterocycles. The van der Waals surface area contributed by atoms with E-state index in [2.05, 4.69) is 21.7 Å². The summed E-state index contributed by atoms with van der Waals surface area (Å²) in [7, 11) is 0. The monoisotopic (exact) mass is 284 g/mol. The number of hydrogen-bond donors (Lipinski definition) is 2. The van der Waals surface area contributed by atoms with Crippen molar-refractivity contribution in [2.45, 2.75) is 25.9 Å². The van der Waals surface area contributed by atoms with E-state index in [-0.39, 0.29) is 0 Å². The van der Waals surface area contributed by atoms with Crippen LogP contribution < -0.4 is 5.73 Å². The van der Waals surface area contributed by atoms with Gasteiger partial charge in [-0.2, -0.15) is 0 Å². The standard InChI is InChI=1S/C14H28N4O2/c1-12-3-2-4-18(10-12)14(15)16-9-13(19)11-17-5-7-20-8-6-17/h12-13,19H,2-11H2,1H3,(H2,15,16). The van der Waals surface area contributed by atoms with Gasteiger partial charge in [0.25, 0.3) is 0 Å². The van der Waals surface area contributed by atoms with Crippen LogP contribution in [-0.4, -0.2) is 79.5 Å². The molecule has 116 valence electrons. The Kier molecular flexibility index (Phi) is 6.06. The van der Waals surface area contributed by atoms with Crippen LogP contribution in [0.2, 0.25) is 0 Å². The zero-order valence-corrected chi connectivity index (χ0v) is 12.5. The molecular formula is C14H28N4O2.